The number of pyridine rings is 1. The van der Waals surface area contributed by atoms with Crippen molar-refractivity contribution in [3.8, 4) is 0 Å². The van der Waals surface area contributed by atoms with Crippen LogP contribution in [0.15, 0.2) is 17.1 Å². The van der Waals surface area contributed by atoms with Gasteiger partial charge in [-0.3, -0.25) is 9.79 Å². The van der Waals surface area contributed by atoms with E-state index in [1.165, 1.54) is 12.8 Å². The van der Waals surface area contributed by atoms with Crippen molar-refractivity contribution >= 4 is 29.6 Å². The van der Waals surface area contributed by atoms with Crippen LogP contribution in [0.2, 0.25) is 0 Å². The van der Waals surface area contributed by atoms with Gasteiger partial charge in [-0.05, 0) is 25.0 Å². The van der Waals surface area contributed by atoms with Crippen molar-refractivity contribution in [2.75, 3.05) is 49.3 Å². The Hall–Kier alpha value is -2.31. The molecule has 1 rings (SSSR count). The van der Waals surface area contributed by atoms with Crippen molar-refractivity contribution in [2.45, 2.75) is 46.0 Å². The molecule has 0 fully saturated rings. The summed E-state index contributed by atoms with van der Waals surface area (Å²) in [6.07, 6.45) is 6.68. The fourth-order valence-corrected chi connectivity index (χ4v) is 2.44. The van der Waals surface area contributed by atoms with Crippen molar-refractivity contribution in [3.05, 3.63) is 12.1 Å². The largest absolute Gasteiger partial charge is 0.371 e. The summed E-state index contributed by atoms with van der Waals surface area (Å²) in [5, 5.41) is 8.87. The van der Waals surface area contributed by atoms with Crippen LogP contribution in [-0.4, -0.2) is 51.0 Å². The van der Waals surface area contributed by atoms with Crippen molar-refractivity contribution in [2.24, 2.45) is 4.99 Å². The van der Waals surface area contributed by atoms with Crippen molar-refractivity contribution in [1.29, 1.82) is 0 Å². The smallest absolute Gasteiger partial charge is 0.221 e. The Bertz CT molecular complexity index is 553. The molecule has 0 unspecified atom stereocenters. The van der Waals surface area contributed by atoms with E-state index in [2.05, 4.69) is 39.7 Å². The van der Waals surface area contributed by atoms with Gasteiger partial charge in [0.2, 0.25) is 5.91 Å². The quantitative estimate of drug-likeness (QED) is 0.371. The van der Waals surface area contributed by atoms with Gasteiger partial charge >= 0.3 is 0 Å². The number of aromatic nitrogens is 1. The minimum atomic E-state index is -0.0108. The zero-order valence-corrected chi connectivity index (χ0v) is 16.6. The number of unbranched alkanes of at least 4 members (excludes halogenated alkanes) is 2. The van der Waals surface area contributed by atoms with Crippen LogP contribution in [0.25, 0.3) is 0 Å². The molecule has 1 aromatic rings. The van der Waals surface area contributed by atoms with Gasteiger partial charge in [0.05, 0.1) is 12.0 Å². The first kappa shape index (κ1) is 21.7. The van der Waals surface area contributed by atoms with Gasteiger partial charge < -0.3 is 20.9 Å². The molecular weight excluding hydrogens is 328 g/mol. The first-order chi connectivity index (χ1) is 12.7. The standard InChI is InChI=1S/C19H34N6O/c1-5-7-13-25(14-8-6-2)17-10-9-16(19(21-4)24-17)23-15-22-12-11-18(26)20-3/h9-10,15H,5-8,11-14H2,1-4H3,(H,20,26)(H,21,24)(H,22,23). The topological polar surface area (TPSA) is 81.7 Å². The fraction of sp³-hybridized carbons (Fsp3) is 0.632. The lowest BCUT2D eigenvalue weighted by molar-refractivity contribution is -0.120. The molecule has 1 aromatic heterocycles. The third-order valence-corrected chi connectivity index (χ3v) is 4.06. The van der Waals surface area contributed by atoms with Crippen LogP contribution in [0, 0.1) is 0 Å². The van der Waals surface area contributed by atoms with E-state index >= 15 is 0 Å². The van der Waals surface area contributed by atoms with E-state index in [1.807, 2.05) is 19.2 Å². The summed E-state index contributed by atoms with van der Waals surface area (Å²) in [6, 6.07) is 4.07. The molecule has 0 atom stereocenters. The molecule has 0 bridgehead atoms. The minimum Gasteiger partial charge on any atom is -0.371 e. The summed E-state index contributed by atoms with van der Waals surface area (Å²) in [5.74, 6) is 1.78. The van der Waals surface area contributed by atoms with Crippen LogP contribution in [-0.2, 0) is 4.79 Å². The highest BCUT2D eigenvalue weighted by molar-refractivity contribution is 5.82. The SMILES string of the molecule is CCCCN(CCCC)c1ccc(NC=NCCC(=O)NC)c(NC)n1. The Balaban J connectivity index is 2.74. The number of nitrogens with zero attached hydrogens (tertiary/aromatic N) is 3. The molecule has 0 aliphatic rings. The summed E-state index contributed by atoms with van der Waals surface area (Å²) in [4.78, 5) is 22.5. The van der Waals surface area contributed by atoms with Crippen molar-refractivity contribution < 1.29 is 4.79 Å². The molecular formula is C19H34N6O. The zero-order chi connectivity index (χ0) is 19.2. The summed E-state index contributed by atoms with van der Waals surface area (Å²) in [5.41, 5.74) is 0.867. The number of anilines is 3. The second kappa shape index (κ2) is 13.0. The van der Waals surface area contributed by atoms with Gasteiger partial charge in [-0.25, -0.2) is 4.98 Å². The number of carbonyl (C=O) groups is 1. The Kier molecular flexibility index (Phi) is 10.8. The number of carbonyl (C=O) groups excluding carboxylic acids is 1. The average Bonchev–Trinajstić information content (AvgIpc) is 2.67. The maximum Gasteiger partial charge on any atom is 0.221 e. The summed E-state index contributed by atoms with van der Waals surface area (Å²) >= 11 is 0. The third-order valence-electron chi connectivity index (χ3n) is 4.06. The monoisotopic (exact) mass is 362 g/mol. The van der Waals surface area contributed by atoms with E-state index in [-0.39, 0.29) is 5.91 Å². The van der Waals surface area contributed by atoms with Gasteiger partial charge in [0.15, 0.2) is 5.82 Å². The molecule has 0 saturated heterocycles. The lowest BCUT2D eigenvalue weighted by Crippen LogP contribution is -2.26. The average molecular weight is 363 g/mol. The second-order valence-corrected chi connectivity index (χ2v) is 6.11. The molecule has 0 radical (unpaired) electrons. The van der Waals surface area contributed by atoms with E-state index in [1.54, 1.807) is 13.4 Å². The first-order valence-electron chi connectivity index (χ1n) is 9.55. The maximum absolute atomic E-state index is 11.2. The molecule has 0 saturated carbocycles. The second-order valence-electron chi connectivity index (χ2n) is 6.11. The number of hydrogen-bond donors (Lipinski definition) is 3. The Morgan fingerprint density at radius 1 is 1.19 bits per heavy atom. The molecule has 0 aliphatic carbocycles. The van der Waals surface area contributed by atoms with E-state index in [4.69, 9.17) is 4.98 Å². The Morgan fingerprint density at radius 3 is 2.46 bits per heavy atom. The maximum atomic E-state index is 11.2. The lowest BCUT2D eigenvalue weighted by Gasteiger charge is -2.24. The van der Waals surface area contributed by atoms with Gasteiger partial charge in [-0.1, -0.05) is 26.7 Å². The van der Waals surface area contributed by atoms with Crippen LogP contribution in [0.4, 0.5) is 17.3 Å². The van der Waals surface area contributed by atoms with Gasteiger partial charge in [0.1, 0.15) is 5.82 Å². The molecule has 1 heterocycles. The third kappa shape index (κ3) is 7.72. The molecule has 3 N–H and O–H groups in total. The van der Waals surface area contributed by atoms with Crippen molar-refractivity contribution in [3.63, 3.8) is 0 Å². The highest BCUT2D eigenvalue weighted by Gasteiger charge is 2.10. The van der Waals surface area contributed by atoms with Crippen LogP contribution >= 0.6 is 0 Å². The Morgan fingerprint density at radius 2 is 1.88 bits per heavy atom. The van der Waals surface area contributed by atoms with Gasteiger partial charge in [0.25, 0.3) is 0 Å². The van der Waals surface area contributed by atoms with Crippen molar-refractivity contribution in [1.82, 2.24) is 10.3 Å². The molecule has 0 aliphatic heterocycles. The number of nitrogens with one attached hydrogen (secondary N) is 3. The van der Waals surface area contributed by atoms with E-state index in [0.29, 0.717) is 13.0 Å². The fourth-order valence-electron chi connectivity index (χ4n) is 2.44. The summed E-state index contributed by atoms with van der Waals surface area (Å²) in [6.45, 7) is 6.93. The first-order valence-corrected chi connectivity index (χ1v) is 9.55. The number of amides is 1. The van der Waals surface area contributed by atoms with E-state index in [0.717, 1.165) is 43.3 Å². The number of hydrogen-bond acceptors (Lipinski definition) is 5. The van der Waals surface area contributed by atoms with Gasteiger partial charge in [-0.2, -0.15) is 0 Å². The normalized spacial score (nSPS) is 10.8. The van der Waals surface area contributed by atoms with Gasteiger partial charge in [0, 0.05) is 40.2 Å². The zero-order valence-electron chi connectivity index (χ0n) is 16.6. The Labute approximate surface area is 157 Å². The van der Waals surface area contributed by atoms with Crippen LogP contribution in [0.1, 0.15) is 46.0 Å². The predicted octanol–water partition coefficient (Wildman–Crippen LogP) is 3.11. The van der Waals surface area contributed by atoms with Crippen LogP contribution in [0.3, 0.4) is 0 Å². The van der Waals surface area contributed by atoms with Crippen LogP contribution in [0.5, 0.6) is 0 Å². The van der Waals surface area contributed by atoms with Crippen LogP contribution < -0.4 is 20.9 Å². The number of rotatable bonds is 13. The summed E-state index contributed by atoms with van der Waals surface area (Å²) < 4.78 is 0. The highest BCUT2D eigenvalue weighted by atomic mass is 16.1. The molecule has 7 heteroatoms. The number of aliphatic imine (C=N–C) groups is 1. The molecule has 0 spiro atoms. The molecule has 1 amide bonds. The lowest BCUT2D eigenvalue weighted by atomic mass is 10.2. The molecule has 146 valence electrons. The molecule has 7 nitrogen and oxygen atoms in total. The molecule has 26 heavy (non-hydrogen) atoms. The van der Waals surface area contributed by atoms with Gasteiger partial charge in [-0.15, -0.1) is 0 Å². The molecule has 0 aromatic carbocycles. The highest BCUT2D eigenvalue weighted by Crippen LogP contribution is 2.23. The minimum absolute atomic E-state index is 0.0108. The van der Waals surface area contributed by atoms with E-state index < -0.39 is 0 Å². The summed E-state index contributed by atoms with van der Waals surface area (Å²) in [7, 11) is 3.49. The van der Waals surface area contributed by atoms with E-state index in [9.17, 15) is 4.79 Å². The predicted molar refractivity (Wildman–Crippen MR) is 111 cm³/mol.